The molecule has 0 aromatic heterocycles. The zero-order valence-electron chi connectivity index (χ0n) is 19.4. The number of hydrogen-bond acceptors (Lipinski definition) is 5. The molecule has 2 aromatic carbocycles. The summed E-state index contributed by atoms with van der Waals surface area (Å²) in [7, 11) is 0. The highest BCUT2D eigenvalue weighted by Crippen LogP contribution is 2.30. The molecule has 0 radical (unpaired) electrons. The van der Waals surface area contributed by atoms with Crippen molar-refractivity contribution in [3.8, 4) is 0 Å². The summed E-state index contributed by atoms with van der Waals surface area (Å²) in [5, 5.41) is 0.728. The fourth-order valence-corrected chi connectivity index (χ4v) is 4.41. The number of piperazine rings is 1. The molecule has 2 aromatic rings. The smallest absolute Gasteiger partial charge is 0.409 e. The maximum Gasteiger partial charge on any atom is 0.409 e. The standard InChI is InChI=1S/C26H33ClN2O4/c1-26(2)18-32-23(33-19-26)12-17-31-25(30)29-15-13-28(14-16-29)24(20-6-4-3-5-7-20)21-8-10-22(27)11-9-21/h3-11,23-24H,12-19H2,1-2H3. The van der Waals surface area contributed by atoms with Crippen molar-refractivity contribution in [1.82, 2.24) is 9.80 Å². The van der Waals surface area contributed by atoms with Crippen molar-refractivity contribution < 1.29 is 19.0 Å². The molecule has 2 aliphatic heterocycles. The Balaban J connectivity index is 1.29. The van der Waals surface area contributed by atoms with Crippen LogP contribution in [0.3, 0.4) is 0 Å². The summed E-state index contributed by atoms with van der Waals surface area (Å²) in [4.78, 5) is 16.8. The van der Waals surface area contributed by atoms with Crippen molar-refractivity contribution in [3.05, 3.63) is 70.7 Å². The Morgan fingerprint density at radius 3 is 2.24 bits per heavy atom. The maximum atomic E-state index is 12.6. The minimum atomic E-state index is -0.298. The lowest BCUT2D eigenvalue weighted by atomic mass is 9.95. The van der Waals surface area contributed by atoms with Crippen LogP contribution in [0, 0.1) is 5.41 Å². The first kappa shape index (κ1) is 24.0. The van der Waals surface area contributed by atoms with Crippen molar-refractivity contribution in [2.75, 3.05) is 46.0 Å². The second-order valence-corrected chi connectivity index (χ2v) is 9.94. The third-order valence-corrected chi connectivity index (χ3v) is 6.39. The van der Waals surface area contributed by atoms with Crippen molar-refractivity contribution in [2.45, 2.75) is 32.6 Å². The molecule has 1 atom stereocenters. The van der Waals surface area contributed by atoms with Crippen LogP contribution in [0.15, 0.2) is 54.6 Å². The van der Waals surface area contributed by atoms with Gasteiger partial charge in [-0.2, -0.15) is 0 Å². The van der Waals surface area contributed by atoms with Gasteiger partial charge in [-0.1, -0.05) is 67.9 Å². The Labute approximate surface area is 201 Å². The highest BCUT2D eigenvalue weighted by Gasteiger charge is 2.30. The first-order valence-corrected chi connectivity index (χ1v) is 12.0. The zero-order chi connectivity index (χ0) is 23.3. The minimum absolute atomic E-state index is 0.0382. The van der Waals surface area contributed by atoms with Crippen LogP contribution in [-0.4, -0.2) is 68.2 Å². The van der Waals surface area contributed by atoms with Gasteiger partial charge in [-0.3, -0.25) is 4.90 Å². The SMILES string of the molecule is CC1(C)COC(CCOC(=O)N2CCN(C(c3ccccc3)c3ccc(Cl)cc3)CC2)OC1. The molecule has 33 heavy (non-hydrogen) atoms. The Morgan fingerprint density at radius 1 is 1.00 bits per heavy atom. The van der Waals surface area contributed by atoms with E-state index in [2.05, 4.69) is 55.1 Å². The van der Waals surface area contributed by atoms with E-state index in [4.69, 9.17) is 25.8 Å². The molecule has 2 aliphatic rings. The van der Waals surface area contributed by atoms with E-state index in [1.54, 1.807) is 4.90 Å². The minimum Gasteiger partial charge on any atom is -0.449 e. The summed E-state index contributed by atoms with van der Waals surface area (Å²) < 4.78 is 16.9. The maximum absolute atomic E-state index is 12.6. The highest BCUT2D eigenvalue weighted by atomic mass is 35.5. The van der Waals surface area contributed by atoms with Gasteiger partial charge in [-0.15, -0.1) is 0 Å². The van der Waals surface area contributed by atoms with E-state index in [1.165, 1.54) is 11.1 Å². The van der Waals surface area contributed by atoms with Crippen LogP contribution in [0.2, 0.25) is 5.02 Å². The average Bonchev–Trinajstić information content (AvgIpc) is 2.83. The Morgan fingerprint density at radius 2 is 1.61 bits per heavy atom. The predicted molar refractivity (Wildman–Crippen MR) is 128 cm³/mol. The second-order valence-electron chi connectivity index (χ2n) is 9.51. The van der Waals surface area contributed by atoms with Crippen molar-refractivity contribution in [1.29, 1.82) is 0 Å². The van der Waals surface area contributed by atoms with Crippen LogP contribution >= 0.6 is 11.6 Å². The van der Waals surface area contributed by atoms with Crippen LogP contribution in [0.5, 0.6) is 0 Å². The van der Waals surface area contributed by atoms with Crippen molar-refractivity contribution in [2.24, 2.45) is 5.41 Å². The quantitative estimate of drug-likeness (QED) is 0.594. The lowest BCUT2D eigenvalue weighted by molar-refractivity contribution is -0.226. The summed E-state index contributed by atoms with van der Waals surface area (Å²) in [5.41, 5.74) is 2.46. The summed E-state index contributed by atoms with van der Waals surface area (Å²) in [6, 6.07) is 18.6. The molecule has 0 saturated carbocycles. The van der Waals surface area contributed by atoms with Crippen LogP contribution in [-0.2, 0) is 14.2 Å². The third kappa shape index (κ3) is 6.48. The van der Waals surface area contributed by atoms with E-state index in [-0.39, 0.29) is 23.8 Å². The number of halogens is 1. The second kappa shape index (κ2) is 10.9. The van der Waals surface area contributed by atoms with Crippen LogP contribution in [0.25, 0.3) is 0 Å². The molecule has 4 rings (SSSR count). The number of benzene rings is 2. The van der Waals surface area contributed by atoms with Gasteiger partial charge >= 0.3 is 6.09 Å². The fourth-order valence-electron chi connectivity index (χ4n) is 4.28. The fraction of sp³-hybridized carbons (Fsp3) is 0.500. The third-order valence-electron chi connectivity index (χ3n) is 6.14. The molecule has 7 heteroatoms. The number of amides is 1. The van der Waals surface area contributed by atoms with Crippen molar-refractivity contribution >= 4 is 17.7 Å². The van der Waals surface area contributed by atoms with E-state index in [9.17, 15) is 4.79 Å². The van der Waals surface area contributed by atoms with E-state index >= 15 is 0 Å². The molecule has 0 N–H and O–H groups in total. The molecule has 1 amide bonds. The van der Waals surface area contributed by atoms with Crippen LogP contribution < -0.4 is 0 Å². The van der Waals surface area contributed by atoms with Gasteiger partial charge in [-0.25, -0.2) is 4.79 Å². The molecule has 178 valence electrons. The van der Waals surface area contributed by atoms with Crippen LogP contribution in [0.1, 0.15) is 37.4 Å². The largest absolute Gasteiger partial charge is 0.449 e. The molecule has 0 bridgehead atoms. The van der Waals surface area contributed by atoms with Crippen LogP contribution in [0.4, 0.5) is 4.79 Å². The predicted octanol–water partition coefficient (Wildman–Crippen LogP) is 4.97. The molecule has 6 nitrogen and oxygen atoms in total. The summed E-state index contributed by atoms with van der Waals surface area (Å²) in [6.45, 7) is 8.61. The molecule has 2 fully saturated rings. The zero-order valence-corrected chi connectivity index (χ0v) is 20.2. The number of nitrogens with zero attached hydrogens (tertiary/aromatic N) is 2. The summed E-state index contributed by atoms with van der Waals surface area (Å²) in [5.74, 6) is 0. The van der Waals surface area contributed by atoms with E-state index in [0.29, 0.717) is 39.3 Å². The first-order valence-electron chi connectivity index (χ1n) is 11.6. The first-order chi connectivity index (χ1) is 15.9. The van der Waals surface area contributed by atoms with Gasteiger partial charge < -0.3 is 19.1 Å². The number of rotatable bonds is 6. The molecular weight excluding hydrogens is 440 g/mol. The lowest BCUT2D eigenvalue weighted by Gasteiger charge is -2.39. The Kier molecular flexibility index (Phi) is 7.91. The van der Waals surface area contributed by atoms with Gasteiger partial charge in [0, 0.05) is 43.0 Å². The molecule has 2 heterocycles. The normalized spacial score (nSPS) is 20.4. The number of ether oxygens (including phenoxy) is 3. The monoisotopic (exact) mass is 472 g/mol. The summed E-state index contributed by atoms with van der Waals surface area (Å²) >= 11 is 6.12. The molecular formula is C26H33ClN2O4. The number of carbonyl (C=O) groups excluding carboxylic acids is 1. The van der Waals surface area contributed by atoms with Gasteiger partial charge in [0.2, 0.25) is 0 Å². The molecule has 2 saturated heterocycles. The topological polar surface area (TPSA) is 51.2 Å². The lowest BCUT2D eigenvalue weighted by Crippen LogP contribution is -2.50. The van der Waals surface area contributed by atoms with Crippen molar-refractivity contribution in [3.63, 3.8) is 0 Å². The molecule has 0 spiro atoms. The van der Waals surface area contributed by atoms with E-state index < -0.39 is 0 Å². The number of hydrogen-bond donors (Lipinski definition) is 0. The average molecular weight is 473 g/mol. The number of carbonyl (C=O) groups is 1. The Bertz CT molecular complexity index is 888. The molecule has 0 aliphatic carbocycles. The van der Waals surface area contributed by atoms with Gasteiger partial charge in [0.25, 0.3) is 0 Å². The van der Waals surface area contributed by atoms with Gasteiger partial charge in [0.05, 0.1) is 25.9 Å². The van der Waals surface area contributed by atoms with E-state index in [0.717, 1.165) is 18.1 Å². The van der Waals surface area contributed by atoms with E-state index in [1.807, 2.05) is 18.2 Å². The summed E-state index contributed by atoms with van der Waals surface area (Å²) in [6.07, 6.45) is -0.0174. The Hall–Kier alpha value is -2.12. The van der Waals surface area contributed by atoms with Gasteiger partial charge in [0.15, 0.2) is 6.29 Å². The molecule has 1 unspecified atom stereocenters. The van der Waals surface area contributed by atoms with Gasteiger partial charge in [-0.05, 0) is 23.3 Å². The van der Waals surface area contributed by atoms with Gasteiger partial charge in [0.1, 0.15) is 0 Å². The highest BCUT2D eigenvalue weighted by molar-refractivity contribution is 6.30.